The largest absolute Gasteiger partial charge is 0.486 e. The van der Waals surface area contributed by atoms with Gasteiger partial charge in [-0.3, -0.25) is 4.90 Å². The fraction of sp³-hybridized carbons (Fsp3) is 0.533. The lowest BCUT2D eigenvalue weighted by Crippen LogP contribution is -2.70. The highest BCUT2D eigenvalue weighted by Crippen LogP contribution is 2.33. The van der Waals surface area contributed by atoms with Gasteiger partial charge in [-0.25, -0.2) is 4.79 Å². The van der Waals surface area contributed by atoms with Crippen LogP contribution in [0.5, 0.6) is 11.5 Å². The molecule has 3 aliphatic heterocycles. The maximum atomic E-state index is 11.6. The highest BCUT2D eigenvalue weighted by atomic mass is 16.6. The highest BCUT2D eigenvalue weighted by Gasteiger charge is 2.52. The van der Waals surface area contributed by atoms with E-state index >= 15 is 0 Å². The Kier molecular flexibility index (Phi) is 2.75. The fourth-order valence-corrected chi connectivity index (χ4v) is 3.37. The zero-order valence-corrected chi connectivity index (χ0v) is 12.0. The van der Waals surface area contributed by atoms with Gasteiger partial charge in [0.1, 0.15) is 12.7 Å². The van der Waals surface area contributed by atoms with Crippen molar-refractivity contribution in [1.82, 2.24) is 15.1 Å². The summed E-state index contributed by atoms with van der Waals surface area (Å²) in [6.45, 7) is 3.93. The first kappa shape index (κ1) is 12.8. The molecule has 112 valence electrons. The van der Waals surface area contributed by atoms with Gasteiger partial charge < -0.3 is 19.7 Å². The molecule has 0 bridgehead atoms. The van der Waals surface area contributed by atoms with E-state index < -0.39 is 0 Å². The molecule has 1 aromatic carbocycles. The van der Waals surface area contributed by atoms with Gasteiger partial charge in [0.05, 0.1) is 5.54 Å². The second kappa shape index (κ2) is 4.53. The number of nitrogens with zero attached hydrogens (tertiary/aromatic N) is 2. The summed E-state index contributed by atoms with van der Waals surface area (Å²) in [4.78, 5) is 15.7. The van der Waals surface area contributed by atoms with E-state index in [-0.39, 0.29) is 17.7 Å². The molecule has 2 fully saturated rings. The number of likely N-dealkylation sites (N-methyl/N-ethyl adjacent to an activating group) is 1. The Labute approximate surface area is 123 Å². The molecule has 6 nitrogen and oxygen atoms in total. The number of nitrogens with one attached hydrogen (secondary N) is 1. The van der Waals surface area contributed by atoms with Gasteiger partial charge in [0.2, 0.25) is 0 Å². The number of carbonyl (C=O) groups is 1. The zero-order chi connectivity index (χ0) is 14.4. The molecule has 1 unspecified atom stereocenters. The SMILES string of the molecule is CN1C(=O)NCC12CN(CC1COc3ccccc3O1)C2. The molecule has 6 heteroatoms. The molecule has 0 radical (unpaired) electrons. The molecule has 3 aliphatic rings. The van der Waals surface area contributed by atoms with Crippen molar-refractivity contribution in [1.29, 1.82) is 0 Å². The number of benzene rings is 1. The van der Waals surface area contributed by atoms with E-state index in [4.69, 9.17) is 9.47 Å². The van der Waals surface area contributed by atoms with E-state index in [0.717, 1.165) is 37.7 Å². The first-order valence-electron chi connectivity index (χ1n) is 7.29. The normalized spacial score (nSPS) is 26.6. The number of hydrogen-bond acceptors (Lipinski definition) is 4. The molecule has 4 rings (SSSR count). The molecule has 0 aliphatic carbocycles. The number of rotatable bonds is 2. The maximum absolute atomic E-state index is 11.6. The monoisotopic (exact) mass is 289 g/mol. The summed E-state index contributed by atoms with van der Waals surface area (Å²) < 4.78 is 11.7. The second-order valence-corrected chi connectivity index (χ2v) is 6.11. The van der Waals surface area contributed by atoms with E-state index in [0.29, 0.717) is 6.61 Å². The van der Waals surface area contributed by atoms with Crippen LogP contribution >= 0.6 is 0 Å². The second-order valence-electron chi connectivity index (χ2n) is 6.11. The van der Waals surface area contributed by atoms with Crippen molar-refractivity contribution >= 4 is 6.03 Å². The van der Waals surface area contributed by atoms with E-state index in [9.17, 15) is 4.79 Å². The smallest absolute Gasteiger partial charge is 0.317 e. The van der Waals surface area contributed by atoms with Crippen molar-refractivity contribution in [2.75, 3.05) is 39.8 Å². The highest BCUT2D eigenvalue weighted by molar-refractivity contribution is 5.78. The average molecular weight is 289 g/mol. The molecule has 0 saturated carbocycles. The van der Waals surface area contributed by atoms with Gasteiger partial charge in [0.25, 0.3) is 0 Å². The van der Waals surface area contributed by atoms with Crippen molar-refractivity contribution in [2.45, 2.75) is 11.6 Å². The van der Waals surface area contributed by atoms with Crippen LogP contribution in [-0.4, -0.2) is 67.3 Å². The van der Waals surface area contributed by atoms with E-state index in [1.807, 2.05) is 36.2 Å². The van der Waals surface area contributed by atoms with Crippen LogP contribution in [0.1, 0.15) is 0 Å². The Morgan fingerprint density at radius 2 is 2.10 bits per heavy atom. The maximum Gasteiger partial charge on any atom is 0.317 e. The first-order chi connectivity index (χ1) is 10.2. The summed E-state index contributed by atoms with van der Waals surface area (Å²) in [5, 5.41) is 2.90. The van der Waals surface area contributed by atoms with Crippen LogP contribution in [0.2, 0.25) is 0 Å². The summed E-state index contributed by atoms with van der Waals surface area (Å²) in [6.07, 6.45) is 0.0487. The fourth-order valence-electron chi connectivity index (χ4n) is 3.37. The molecule has 1 N–H and O–H groups in total. The standard InChI is InChI=1S/C15H19N3O3/c1-17-14(19)16-8-15(17)9-18(10-15)6-11-7-20-12-4-2-3-5-13(12)21-11/h2-5,11H,6-10H2,1H3,(H,16,19). The molecule has 3 heterocycles. The molecule has 2 saturated heterocycles. The lowest BCUT2D eigenvalue weighted by atomic mass is 9.89. The summed E-state index contributed by atoms with van der Waals surface area (Å²) in [7, 11) is 1.87. The molecular weight excluding hydrogens is 270 g/mol. The number of likely N-dealkylation sites (tertiary alicyclic amines) is 1. The minimum Gasteiger partial charge on any atom is -0.486 e. The summed E-state index contributed by atoms with van der Waals surface area (Å²) in [5.74, 6) is 1.64. The lowest BCUT2D eigenvalue weighted by Gasteiger charge is -2.51. The zero-order valence-electron chi connectivity index (χ0n) is 12.0. The van der Waals surface area contributed by atoms with Crippen LogP contribution in [0.3, 0.4) is 0 Å². The molecule has 21 heavy (non-hydrogen) atoms. The number of carbonyl (C=O) groups excluding carboxylic acids is 1. The van der Waals surface area contributed by atoms with Gasteiger partial charge in [-0.2, -0.15) is 0 Å². The predicted molar refractivity (Wildman–Crippen MR) is 76.7 cm³/mol. The topological polar surface area (TPSA) is 54.0 Å². The minimum atomic E-state index is -0.0233. The number of hydrogen-bond donors (Lipinski definition) is 1. The Hall–Kier alpha value is -1.95. The number of urea groups is 1. The van der Waals surface area contributed by atoms with Gasteiger partial charge in [0.15, 0.2) is 11.5 Å². The van der Waals surface area contributed by atoms with Crippen LogP contribution < -0.4 is 14.8 Å². The Morgan fingerprint density at radius 1 is 1.33 bits per heavy atom. The van der Waals surface area contributed by atoms with Crippen LogP contribution in [0.15, 0.2) is 24.3 Å². The summed E-state index contributed by atoms with van der Waals surface area (Å²) in [5.41, 5.74) is -0.0233. The number of fused-ring (bicyclic) bond motifs is 1. The quantitative estimate of drug-likeness (QED) is 0.863. The predicted octanol–water partition coefficient (Wildman–Crippen LogP) is 0.536. The van der Waals surface area contributed by atoms with Gasteiger partial charge in [-0.05, 0) is 12.1 Å². The third-order valence-corrected chi connectivity index (χ3v) is 4.65. The Bertz CT molecular complexity index is 571. The van der Waals surface area contributed by atoms with Crippen LogP contribution in [0, 0.1) is 0 Å². The third-order valence-electron chi connectivity index (χ3n) is 4.65. The molecule has 0 aromatic heterocycles. The van der Waals surface area contributed by atoms with E-state index in [2.05, 4.69) is 10.2 Å². The van der Waals surface area contributed by atoms with Gasteiger partial charge in [0, 0.05) is 33.2 Å². The number of amides is 2. The molecule has 1 aromatic rings. The van der Waals surface area contributed by atoms with Crippen molar-refractivity contribution < 1.29 is 14.3 Å². The Balaban J connectivity index is 1.34. The number of para-hydroxylation sites is 2. The molecule has 1 atom stereocenters. The molecular formula is C15H19N3O3. The van der Waals surface area contributed by atoms with Crippen molar-refractivity contribution in [3.8, 4) is 11.5 Å². The molecule has 1 spiro atoms. The van der Waals surface area contributed by atoms with Gasteiger partial charge in [-0.15, -0.1) is 0 Å². The first-order valence-corrected chi connectivity index (χ1v) is 7.29. The minimum absolute atomic E-state index is 0.0233. The third kappa shape index (κ3) is 2.01. The lowest BCUT2D eigenvalue weighted by molar-refractivity contribution is -0.0302. The van der Waals surface area contributed by atoms with Crippen LogP contribution in [0.4, 0.5) is 4.79 Å². The van der Waals surface area contributed by atoms with Crippen molar-refractivity contribution in [3.63, 3.8) is 0 Å². The van der Waals surface area contributed by atoms with E-state index in [1.54, 1.807) is 0 Å². The van der Waals surface area contributed by atoms with Crippen molar-refractivity contribution in [2.24, 2.45) is 0 Å². The summed E-state index contributed by atoms with van der Waals surface area (Å²) in [6, 6.07) is 7.79. The summed E-state index contributed by atoms with van der Waals surface area (Å²) >= 11 is 0. The van der Waals surface area contributed by atoms with Crippen LogP contribution in [0.25, 0.3) is 0 Å². The Morgan fingerprint density at radius 3 is 2.81 bits per heavy atom. The van der Waals surface area contributed by atoms with Gasteiger partial charge in [-0.1, -0.05) is 12.1 Å². The average Bonchev–Trinajstić information content (AvgIpc) is 2.76. The van der Waals surface area contributed by atoms with E-state index in [1.165, 1.54) is 0 Å². The number of ether oxygens (including phenoxy) is 2. The van der Waals surface area contributed by atoms with Crippen LogP contribution in [-0.2, 0) is 0 Å². The van der Waals surface area contributed by atoms with Gasteiger partial charge >= 0.3 is 6.03 Å². The van der Waals surface area contributed by atoms with Crippen molar-refractivity contribution in [3.05, 3.63) is 24.3 Å². The molecule has 2 amide bonds.